The molecule has 5 heteroatoms. The highest BCUT2D eigenvalue weighted by atomic mass is 15.2. The second-order valence-electron chi connectivity index (χ2n) is 6.36. The number of piperidine rings is 1. The summed E-state index contributed by atoms with van der Waals surface area (Å²) in [7, 11) is 1.77. The number of guanidine groups is 1. The van der Waals surface area contributed by atoms with Crippen LogP contribution >= 0.6 is 0 Å². The van der Waals surface area contributed by atoms with Crippen LogP contribution in [0.3, 0.4) is 0 Å². The van der Waals surface area contributed by atoms with E-state index in [4.69, 9.17) is 11.1 Å². The Morgan fingerprint density at radius 3 is 2.96 bits per heavy atom. The number of aromatic nitrogens is 1. The molecule has 0 unspecified atom stereocenters. The third kappa shape index (κ3) is 3.04. The van der Waals surface area contributed by atoms with Gasteiger partial charge in [-0.15, -0.1) is 0 Å². The van der Waals surface area contributed by atoms with Gasteiger partial charge in [0, 0.05) is 49.4 Å². The van der Waals surface area contributed by atoms with Crippen molar-refractivity contribution in [2.75, 3.05) is 20.1 Å². The molecule has 0 amide bonds. The minimum absolute atomic E-state index is 0.165. The topological polar surface area (TPSA) is 78.4 Å². The first kappa shape index (κ1) is 15.5. The quantitative estimate of drug-likeness (QED) is 0.661. The second kappa shape index (κ2) is 6.36. The Labute approximate surface area is 136 Å². The number of nitrogens with one attached hydrogen (secondary N) is 1. The van der Waals surface area contributed by atoms with Crippen LogP contribution < -0.4 is 5.73 Å². The number of benzene rings is 1. The zero-order valence-electron chi connectivity index (χ0n) is 13.7. The molecular weight excluding hydrogens is 286 g/mol. The average Bonchev–Trinajstić information content (AvgIpc) is 2.54. The molecular formula is C18H23N5. The van der Waals surface area contributed by atoms with E-state index in [-0.39, 0.29) is 5.96 Å². The fourth-order valence-electron chi connectivity index (χ4n) is 3.59. The van der Waals surface area contributed by atoms with Gasteiger partial charge in [-0.3, -0.25) is 15.4 Å². The molecule has 1 saturated heterocycles. The van der Waals surface area contributed by atoms with E-state index in [9.17, 15) is 0 Å². The molecule has 1 aliphatic heterocycles. The largest absolute Gasteiger partial charge is 0.370 e. The van der Waals surface area contributed by atoms with E-state index in [1.165, 1.54) is 10.9 Å². The van der Waals surface area contributed by atoms with E-state index in [2.05, 4.69) is 35.1 Å². The molecule has 3 N–H and O–H groups in total. The molecule has 0 saturated carbocycles. The molecule has 1 aromatic carbocycles. The van der Waals surface area contributed by atoms with Crippen molar-refractivity contribution in [1.82, 2.24) is 9.88 Å². The van der Waals surface area contributed by atoms with Gasteiger partial charge in [-0.1, -0.05) is 25.1 Å². The maximum atomic E-state index is 7.76. The highest BCUT2D eigenvalue weighted by Gasteiger charge is 2.27. The molecule has 23 heavy (non-hydrogen) atoms. The van der Waals surface area contributed by atoms with Crippen LogP contribution in [-0.4, -0.2) is 42.2 Å². The first-order valence-electron chi connectivity index (χ1n) is 7.99. The maximum Gasteiger partial charge on any atom is 0.188 e. The summed E-state index contributed by atoms with van der Waals surface area (Å²) in [6.45, 7) is 3.88. The molecule has 0 spiro atoms. The van der Waals surface area contributed by atoms with Gasteiger partial charge in [-0.05, 0) is 24.0 Å². The van der Waals surface area contributed by atoms with Crippen LogP contribution in [0.4, 0.5) is 0 Å². The molecule has 2 heterocycles. The van der Waals surface area contributed by atoms with Crippen LogP contribution in [0.2, 0.25) is 0 Å². The predicted molar refractivity (Wildman–Crippen MR) is 95.3 cm³/mol. The molecule has 5 nitrogen and oxygen atoms in total. The zero-order valence-corrected chi connectivity index (χ0v) is 13.7. The molecule has 3 rings (SSSR count). The van der Waals surface area contributed by atoms with Gasteiger partial charge in [0.1, 0.15) is 0 Å². The molecule has 2 atom stereocenters. The number of nitrogens with two attached hydrogens (primary N) is 1. The van der Waals surface area contributed by atoms with Crippen molar-refractivity contribution < 1.29 is 0 Å². The van der Waals surface area contributed by atoms with Crippen molar-refractivity contribution in [3.8, 4) is 0 Å². The Balaban J connectivity index is 2.06. The first-order chi connectivity index (χ1) is 11.1. The third-order valence-corrected chi connectivity index (χ3v) is 4.54. The summed E-state index contributed by atoms with van der Waals surface area (Å²) >= 11 is 0. The van der Waals surface area contributed by atoms with E-state index in [0.29, 0.717) is 11.8 Å². The lowest BCUT2D eigenvalue weighted by Gasteiger charge is -2.37. The number of hydrogen-bond donors (Lipinski definition) is 2. The van der Waals surface area contributed by atoms with E-state index in [1.54, 1.807) is 7.05 Å². The predicted octanol–water partition coefficient (Wildman–Crippen LogP) is 2.60. The van der Waals surface area contributed by atoms with Gasteiger partial charge >= 0.3 is 0 Å². The van der Waals surface area contributed by atoms with Crippen molar-refractivity contribution in [1.29, 1.82) is 5.41 Å². The van der Waals surface area contributed by atoms with Gasteiger partial charge in [-0.25, -0.2) is 0 Å². The van der Waals surface area contributed by atoms with Gasteiger partial charge in [0.2, 0.25) is 0 Å². The highest BCUT2D eigenvalue weighted by molar-refractivity contribution is 5.99. The number of nitrogens with zero attached hydrogens (tertiary/aromatic N) is 3. The Hall–Kier alpha value is -2.43. The summed E-state index contributed by atoms with van der Waals surface area (Å²) in [6, 6.07) is 8.38. The van der Waals surface area contributed by atoms with Crippen molar-refractivity contribution in [3.05, 3.63) is 41.6 Å². The molecule has 1 aliphatic rings. The minimum atomic E-state index is 0.165. The van der Waals surface area contributed by atoms with Crippen molar-refractivity contribution in [3.63, 3.8) is 0 Å². The van der Waals surface area contributed by atoms with Crippen LogP contribution in [0, 0.1) is 11.3 Å². The number of likely N-dealkylation sites (tertiary alicyclic amines) is 1. The number of rotatable bonds is 2. The van der Waals surface area contributed by atoms with Crippen molar-refractivity contribution >= 4 is 23.1 Å². The smallest absolute Gasteiger partial charge is 0.188 e. The summed E-state index contributed by atoms with van der Waals surface area (Å²) in [5.74, 6) is 1.04. The molecule has 2 aromatic rings. The highest BCUT2D eigenvalue weighted by Crippen LogP contribution is 2.34. The SMILES string of the molecule is C/N=C\c1ccc([C@H]2C[C@@H](C)CN(C(=N)N)C2)c2cccnc12. The number of fused-ring (bicyclic) bond motifs is 1. The summed E-state index contributed by atoms with van der Waals surface area (Å²) < 4.78 is 0. The molecule has 120 valence electrons. The number of hydrogen-bond acceptors (Lipinski definition) is 3. The van der Waals surface area contributed by atoms with Crippen LogP contribution in [0.1, 0.15) is 30.4 Å². The number of pyridine rings is 1. The minimum Gasteiger partial charge on any atom is -0.370 e. The van der Waals surface area contributed by atoms with E-state index in [1.807, 2.05) is 23.4 Å². The summed E-state index contributed by atoms with van der Waals surface area (Å²) in [5, 5.41) is 8.93. The summed E-state index contributed by atoms with van der Waals surface area (Å²) in [6.07, 6.45) is 4.78. The van der Waals surface area contributed by atoms with Gasteiger partial charge in [0.25, 0.3) is 0 Å². The molecule has 1 fully saturated rings. The fraction of sp³-hybridized carbons (Fsp3) is 0.389. The molecule has 1 aromatic heterocycles. The Morgan fingerprint density at radius 1 is 1.39 bits per heavy atom. The average molecular weight is 309 g/mol. The molecule has 0 aliphatic carbocycles. The van der Waals surface area contributed by atoms with E-state index in [0.717, 1.165) is 30.6 Å². The van der Waals surface area contributed by atoms with Gasteiger partial charge in [0.05, 0.1) is 5.52 Å². The fourth-order valence-corrected chi connectivity index (χ4v) is 3.59. The van der Waals surface area contributed by atoms with E-state index < -0.39 is 0 Å². The monoisotopic (exact) mass is 309 g/mol. The van der Waals surface area contributed by atoms with Gasteiger partial charge in [0.15, 0.2) is 5.96 Å². The molecule has 0 bridgehead atoms. The second-order valence-corrected chi connectivity index (χ2v) is 6.36. The van der Waals surface area contributed by atoms with Crippen molar-refractivity contribution in [2.24, 2.45) is 16.6 Å². The van der Waals surface area contributed by atoms with Crippen molar-refractivity contribution in [2.45, 2.75) is 19.3 Å². The van der Waals surface area contributed by atoms with Crippen LogP contribution in [0.25, 0.3) is 10.9 Å². The lowest BCUT2D eigenvalue weighted by atomic mass is 9.83. The number of aliphatic imine (C=N–C) groups is 1. The van der Waals surface area contributed by atoms with Crippen LogP contribution in [0.5, 0.6) is 0 Å². The summed E-state index contributed by atoms with van der Waals surface area (Å²) in [5.41, 5.74) is 9.05. The standard InChI is InChI=1S/C18H23N5/c1-12-8-14(11-23(10-12)18(19)20)15-6-5-13(9-21-2)17-16(15)4-3-7-22-17/h3-7,9,12,14H,8,10-11H2,1-2H3,(H3,19,20)/b21-9-/t12-,14+/m1/s1. The molecule has 0 radical (unpaired) electrons. The Kier molecular flexibility index (Phi) is 4.28. The van der Waals surface area contributed by atoms with E-state index >= 15 is 0 Å². The van der Waals surface area contributed by atoms with Gasteiger partial charge < -0.3 is 10.6 Å². The normalized spacial score (nSPS) is 21.9. The Morgan fingerprint density at radius 2 is 2.22 bits per heavy atom. The van der Waals surface area contributed by atoms with Crippen LogP contribution in [-0.2, 0) is 0 Å². The lowest BCUT2D eigenvalue weighted by molar-refractivity contribution is 0.242. The first-order valence-corrected chi connectivity index (χ1v) is 7.99. The summed E-state index contributed by atoms with van der Waals surface area (Å²) in [4.78, 5) is 10.7. The lowest BCUT2D eigenvalue weighted by Crippen LogP contribution is -2.45. The third-order valence-electron chi connectivity index (χ3n) is 4.54. The van der Waals surface area contributed by atoms with Gasteiger partial charge in [-0.2, -0.15) is 0 Å². The zero-order chi connectivity index (χ0) is 16.4. The van der Waals surface area contributed by atoms with Crippen LogP contribution in [0.15, 0.2) is 35.5 Å². The maximum absolute atomic E-state index is 7.76. The Bertz CT molecular complexity index is 752.